The summed E-state index contributed by atoms with van der Waals surface area (Å²) in [6.45, 7) is 3.07. The average molecular weight is 262 g/mol. The molecule has 1 aliphatic rings. The molecule has 1 aromatic rings. The van der Waals surface area contributed by atoms with Crippen LogP contribution in [0.1, 0.15) is 63.9 Å². The Morgan fingerprint density at radius 1 is 1.11 bits per heavy atom. The predicted molar refractivity (Wildman–Crippen MR) is 78.3 cm³/mol. The van der Waals surface area contributed by atoms with Crippen LogP contribution >= 0.6 is 0 Å². The van der Waals surface area contributed by atoms with E-state index in [1.807, 2.05) is 18.2 Å². The topological polar surface area (TPSA) is 29.5 Å². The first-order valence-electron chi connectivity index (χ1n) is 7.71. The van der Waals surface area contributed by atoms with E-state index in [2.05, 4.69) is 6.92 Å². The van der Waals surface area contributed by atoms with Crippen molar-refractivity contribution in [3.63, 3.8) is 0 Å². The molecule has 1 saturated heterocycles. The Bertz CT molecular complexity index is 383. The summed E-state index contributed by atoms with van der Waals surface area (Å²) in [5.41, 5.74) is 0.783. The highest BCUT2D eigenvalue weighted by Gasteiger charge is 2.41. The number of phenolic OH excluding ortho intramolecular Hbond substituents is 1. The van der Waals surface area contributed by atoms with Crippen LogP contribution in [0, 0.1) is 0 Å². The van der Waals surface area contributed by atoms with Gasteiger partial charge < -0.3 is 9.84 Å². The number of para-hydroxylation sites is 1. The first-order chi connectivity index (χ1) is 9.28. The maximum Gasteiger partial charge on any atom is 0.121 e. The largest absolute Gasteiger partial charge is 0.508 e. The van der Waals surface area contributed by atoms with Crippen LogP contribution in [0.4, 0.5) is 0 Å². The van der Waals surface area contributed by atoms with Crippen LogP contribution in [0.15, 0.2) is 24.3 Å². The standard InChI is InChI=1S/C17H26O2/c1-2-3-4-5-6-9-12-17(13-14-19-17)15-10-7-8-11-16(15)18/h7-8,10-11,18H,2-6,9,12-14H2,1H3. The molecule has 0 radical (unpaired) electrons. The molecule has 2 nitrogen and oxygen atoms in total. The molecule has 1 aliphatic heterocycles. The Kier molecular flexibility index (Phi) is 5.26. The highest BCUT2D eigenvalue weighted by molar-refractivity contribution is 5.37. The van der Waals surface area contributed by atoms with Gasteiger partial charge in [-0.25, -0.2) is 0 Å². The van der Waals surface area contributed by atoms with Crippen LogP contribution in [0.25, 0.3) is 0 Å². The number of rotatable bonds is 8. The number of unbranched alkanes of at least 4 members (excludes halogenated alkanes) is 5. The number of phenols is 1. The first-order valence-corrected chi connectivity index (χ1v) is 7.71. The van der Waals surface area contributed by atoms with E-state index in [9.17, 15) is 5.11 Å². The van der Waals surface area contributed by atoms with Crippen LogP contribution < -0.4 is 0 Å². The van der Waals surface area contributed by atoms with Gasteiger partial charge in [-0.1, -0.05) is 63.6 Å². The summed E-state index contributed by atoms with van der Waals surface area (Å²) in [6.07, 6.45) is 9.87. The SMILES string of the molecule is CCCCCCCCC1(c2ccccc2O)CCO1. The zero-order valence-corrected chi connectivity index (χ0v) is 12.0. The molecule has 2 rings (SSSR count). The molecule has 2 heteroatoms. The summed E-state index contributed by atoms with van der Waals surface area (Å²) in [4.78, 5) is 0. The van der Waals surface area contributed by atoms with Crippen molar-refractivity contribution in [3.05, 3.63) is 29.8 Å². The van der Waals surface area contributed by atoms with E-state index in [0.717, 1.165) is 25.0 Å². The molecule has 0 saturated carbocycles. The average Bonchev–Trinajstić information content (AvgIpc) is 2.37. The molecule has 106 valence electrons. The number of ether oxygens (including phenoxy) is 1. The van der Waals surface area contributed by atoms with Crippen molar-refractivity contribution in [2.24, 2.45) is 0 Å². The van der Waals surface area contributed by atoms with E-state index < -0.39 is 0 Å². The number of aromatic hydroxyl groups is 1. The minimum atomic E-state index is -0.198. The lowest BCUT2D eigenvalue weighted by Crippen LogP contribution is -2.40. The fraction of sp³-hybridized carbons (Fsp3) is 0.647. The van der Waals surface area contributed by atoms with Crippen LogP contribution in [-0.4, -0.2) is 11.7 Å². The van der Waals surface area contributed by atoms with Crippen LogP contribution in [-0.2, 0) is 10.3 Å². The molecule has 0 aromatic heterocycles. The van der Waals surface area contributed by atoms with Gasteiger partial charge in [0.1, 0.15) is 5.75 Å². The van der Waals surface area contributed by atoms with E-state index in [1.54, 1.807) is 6.07 Å². The smallest absolute Gasteiger partial charge is 0.121 e. The second-order valence-corrected chi connectivity index (χ2v) is 5.63. The molecule has 19 heavy (non-hydrogen) atoms. The van der Waals surface area contributed by atoms with Crippen molar-refractivity contribution in [3.8, 4) is 5.75 Å². The van der Waals surface area contributed by atoms with E-state index in [1.165, 1.54) is 38.5 Å². The van der Waals surface area contributed by atoms with Crippen molar-refractivity contribution in [2.45, 2.75) is 63.9 Å². The maximum absolute atomic E-state index is 10.0. The Morgan fingerprint density at radius 3 is 2.42 bits per heavy atom. The van der Waals surface area contributed by atoms with Crippen LogP contribution in [0.5, 0.6) is 5.75 Å². The normalized spacial score (nSPS) is 22.2. The molecular formula is C17H26O2. The summed E-state index contributed by atoms with van der Waals surface area (Å²) in [5, 5.41) is 10.0. The van der Waals surface area contributed by atoms with Crippen molar-refractivity contribution in [2.75, 3.05) is 6.61 Å². The zero-order valence-electron chi connectivity index (χ0n) is 12.0. The van der Waals surface area contributed by atoms with Gasteiger partial charge in [0, 0.05) is 12.0 Å². The molecule has 0 amide bonds. The predicted octanol–water partition coefficient (Wildman–Crippen LogP) is 4.76. The minimum absolute atomic E-state index is 0.198. The highest BCUT2D eigenvalue weighted by Crippen LogP contribution is 2.45. The summed E-state index contributed by atoms with van der Waals surface area (Å²) in [6, 6.07) is 7.63. The molecular weight excluding hydrogens is 236 g/mol. The van der Waals surface area contributed by atoms with E-state index in [4.69, 9.17) is 4.74 Å². The molecule has 0 bridgehead atoms. The lowest BCUT2D eigenvalue weighted by Gasteiger charge is -2.43. The molecule has 0 spiro atoms. The van der Waals surface area contributed by atoms with Crippen molar-refractivity contribution < 1.29 is 9.84 Å². The summed E-state index contributed by atoms with van der Waals surface area (Å²) in [7, 11) is 0. The molecule has 0 aliphatic carbocycles. The van der Waals surface area contributed by atoms with Gasteiger partial charge >= 0.3 is 0 Å². The van der Waals surface area contributed by atoms with Crippen LogP contribution in [0.3, 0.4) is 0 Å². The second kappa shape index (κ2) is 6.95. The Balaban J connectivity index is 1.84. The van der Waals surface area contributed by atoms with E-state index in [0.29, 0.717) is 5.75 Å². The number of benzene rings is 1. The maximum atomic E-state index is 10.0. The molecule has 1 fully saturated rings. The fourth-order valence-corrected chi connectivity index (χ4v) is 2.94. The van der Waals surface area contributed by atoms with Gasteiger partial charge in [-0.05, 0) is 12.5 Å². The summed E-state index contributed by atoms with van der Waals surface area (Å²) >= 11 is 0. The van der Waals surface area contributed by atoms with Gasteiger partial charge in [-0.15, -0.1) is 0 Å². The van der Waals surface area contributed by atoms with Gasteiger partial charge in [0.2, 0.25) is 0 Å². The van der Waals surface area contributed by atoms with E-state index >= 15 is 0 Å². The van der Waals surface area contributed by atoms with Crippen molar-refractivity contribution >= 4 is 0 Å². The van der Waals surface area contributed by atoms with Gasteiger partial charge in [0.25, 0.3) is 0 Å². The van der Waals surface area contributed by atoms with Gasteiger partial charge in [0.15, 0.2) is 0 Å². The number of hydrogen-bond acceptors (Lipinski definition) is 2. The quantitative estimate of drug-likeness (QED) is 0.684. The summed E-state index contributed by atoms with van der Waals surface area (Å²) in [5.74, 6) is 0.383. The molecule has 1 aromatic carbocycles. The Labute approximate surface area is 116 Å². The second-order valence-electron chi connectivity index (χ2n) is 5.63. The Morgan fingerprint density at radius 2 is 1.79 bits per heavy atom. The van der Waals surface area contributed by atoms with Crippen molar-refractivity contribution in [1.82, 2.24) is 0 Å². The van der Waals surface area contributed by atoms with Gasteiger partial charge in [-0.2, -0.15) is 0 Å². The van der Waals surface area contributed by atoms with Crippen molar-refractivity contribution in [1.29, 1.82) is 0 Å². The molecule has 1 unspecified atom stereocenters. The lowest BCUT2D eigenvalue weighted by atomic mass is 9.81. The number of hydrogen-bond donors (Lipinski definition) is 1. The van der Waals surface area contributed by atoms with Gasteiger partial charge in [-0.3, -0.25) is 0 Å². The monoisotopic (exact) mass is 262 g/mol. The molecule has 1 heterocycles. The molecule has 1 N–H and O–H groups in total. The fourth-order valence-electron chi connectivity index (χ4n) is 2.94. The van der Waals surface area contributed by atoms with Crippen LogP contribution in [0.2, 0.25) is 0 Å². The third-order valence-corrected chi connectivity index (χ3v) is 4.21. The minimum Gasteiger partial charge on any atom is -0.508 e. The highest BCUT2D eigenvalue weighted by atomic mass is 16.5. The first kappa shape index (κ1) is 14.4. The van der Waals surface area contributed by atoms with Gasteiger partial charge in [0.05, 0.1) is 12.2 Å². The third kappa shape index (κ3) is 3.50. The third-order valence-electron chi connectivity index (χ3n) is 4.21. The van der Waals surface area contributed by atoms with E-state index in [-0.39, 0.29) is 5.60 Å². The molecule has 1 atom stereocenters. The summed E-state index contributed by atoms with van der Waals surface area (Å²) < 4.78 is 5.85. The lowest BCUT2D eigenvalue weighted by molar-refractivity contribution is -0.160. The zero-order chi connectivity index (χ0) is 13.6. The Hall–Kier alpha value is -1.02.